The minimum Gasteiger partial charge on any atom is -0.497 e. The number of benzene rings is 1. The summed E-state index contributed by atoms with van der Waals surface area (Å²) in [6.45, 7) is 0. The summed E-state index contributed by atoms with van der Waals surface area (Å²) in [5, 5.41) is 7.99. The number of anilines is 1. The van der Waals surface area contributed by atoms with Crippen LogP contribution in [0, 0.1) is 0 Å². The number of nitrogens with zero attached hydrogens (tertiary/aromatic N) is 1. The van der Waals surface area contributed by atoms with E-state index in [4.69, 9.17) is 4.74 Å². The average Bonchev–Trinajstić information content (AvgIpc) is 2.84. The number of nitrogens with one attached hydrogen (secondary N) is 3. The Hall–Kier alpha value is -2.44. The van der Waals surface area contributed by atoms with Gasteiger partial charge >= 0.3 is 12.1 Å². The maximum atomic E-state index is 11.8. The molecule has 0 spiro atoms. The Morgan fingerprint density at radius 1 is 1.11 bits per heavy atom. The first-order valence-electron chi connectivity index (χ1n) is 5.50. The van der Waals surface area contributed by atoms with Crippen molar-refractivity contribution in [3.05, 3.63) is 24.3 Å². The molecule has 18 heavy (non-hydrogen) atoms. The number of amides is 4. The van der Waals surface area contributed by atoms with E-state index in [9.17, 15) is 9.59 Å². The van der Waals surface area contributed by atoms with Gasteiger partial charge in [-0.1, -0.05) is 0 Å². The van der Waals surface area contributed by atoms with E-state index in [1.807, 2.05) is 0 Å². The highest BCUT2D eigenvalue weighted by Crippen LogP contribution is 2.25. The van der Waals surface area contributed by atoms with Crippen molar-refractivity contribution < 1.29 is 14.3 Å². The Morgan fingerprint density at radius 3 is 2.50 bits per heavy atom. The molecule has 0 aromatic heterocycles. The second kappa shape index (κ2) is 3.80. The molecular weight excluding hydrogens is 236 g/mol. The van der Waals surface area contributed by atoms with E-state index in [2.05, 4.69) is 16.0 Å². The van der Waals surface area contributed by atoms with Crippen molar-refractivity contribution in [2.45, 2.75) is 12.3 Å². The normalized spacial score (nSPS) is 25.3. The molecule has 2 saturated heterocycles. The molecule has 3 rings (SSSR count). The predicted molar refractivity (Wildman–Crippen MR) is 63.2 cm³/mol. The second-order valence-electron chi connectivity index (χ2n) is 4.06. The van der Waals surface area contributed by atoms with Gasteiger partial charge in [0.15, 0.2) is 6.17 Å². The molecule has 1 aromatic carbocycles. The highest BCUT2D eigenvalue weighted by molar-refractivity contribution is 5.98. The van der Waals surface area contributed by atoms with Gasteiger partial charge in [0.05, 0.1) is 7.11 Å². The Labute approximate surface area is 103 Å². The number of urea groups is 2. The van der Waals surface area contributed by atoms with Gasteiger partial charge in [-0.15, -0.1) is 0 Å². The molecule has 2 atom stereocenters. The van der Waals surface area contributed by atoms with Crippen molar-refractivity contribution in [3.8, 4) is 5.75 Å². The van der Waals surface area contributed by atoms with Crippen molar-refractivity contribution in [2.75, 3.05) is 12.0 Å². The van der Waals surface area contributed by atoms with Crippen LogP contribution >= 0.6 is 0 Å². The van der Waals surface area contributed by atoms with E-state index in [0.717, 1.165) is 0 Å². The lowest BCUT2D eigenvalue weighted by molar-refractivity contribution is 0.242. The molecule has 2 aliphatic rings. The Kier molecular flexibility index (Phi) is 2.26. The Morgan fingerprint density at radius 2 is 1.83 bits per heavy atom. The molecule has 4 amide bonds. The zero-order valence-corrected chi connectivity index (χ0v) is 9.64. The van der Waals surface area contributed by atoms with Gasteiger partial charge in [-0.2, -0.15) is 0 Å². The lowest BCUT2D eigenvalue weighted by Crippen LogP contribution is -2.43. The summed E-state index contributed by atoms with van der Waals surface area (Å²) in [6, 6.07) is 6.53. The molecule has 2 fully saturated rings. The number of ether oxygens (including phenoxy) is 1. The lowest BCUT2D eigenvalue weighted by Gasteiger charge is -2.21. The molecule has 2 heterocycles. The van der Waals surface area contributed by atoms with Crippen LogP contribution in [0.5, 0.6) is 5.75 Å². The van der Waals surface area contributed by atoms with E-state index in [-0.39, 0.29) is 12.1 Å². The largest absolute Gasteiger partial charge is 0.497 e. The number of methoxy groups -OCH3 is 1. The molecule has 0 bridgehead atoms. The number of hydrogen-bond acceptors (Lipinski definition) is 3. The third kappa shape index (κ3) is 1.52. The number of carbonyl (C=O) groups is 2. The molecule has 1 aromatic rings. The molecule has 94 valence electrons. The Balaban J connectivity index is 1.90. The second-order valence-corrected chi connectivity index (χ2v) is 4.06. The van der Waals surface area contributed by atoms with Crippen molar-refractivity contribution >= 4 is 17.7 Å². The van der Waals surface area contributed by atoms with E-state index in [1.54, 1.807) is 31.4 Å². The van der Waals surface area contributed by atoms with Crippen molar-refractivity contribution in [3.63, 3.8) is 0 Å². The molecule has 2 unspecified atom stereocenters. The van der Waals surface area contributed by atoms with Crippen LogP contribution in [0.25, 0.3) is 0 Å². The molecule has 7 nitrogen and oxygen atoms in total. The standard InChI is InChI=1S/C11H12N4O3/c1-18-7-4-2-6(3-5-7)15-9-8(13-11(15)17)12-10(16)14-9/h2-5,8-9H,1H3,(H,13,17)(H2,12,14,16). The number of fused-ring (bicyclic) bond motifs is 1. The summed E-state index contributed by atoms with van der Waals surface area (Å²) < 4.78 is 5.06. The molecule has 2 aliphatic heterocycles. The molecule has 0 saturated carbocycles. The highest BCUT2D eigenvalue weighted by Gasteiger charge is 2.46. The Bertz CT molecular complexity index is 502. The van der Waals surface area contributed by atoms with Crippen molar-refractivity contribution in [2.24, 2.45) is 0 Å². The fourth-order valence-electron chi connectivity index (χ4n) is 2.16. The lowest BCUT2D eigenvalue weighted by atomic mass is 10.2. The average molecular weight is 248 g/mol. The van der Waals surface area contributed by atoms with Crippen LogP contribution in [0.1, 0.15) is 0 Å². The predicted octanol–water partition coefficient (Wildman–Crippen LogP) is 0.190. The van der Waals surface area contributed by atoms with Gasteiger partial charge in [-0.05, 0) is 24.3 Å². The van der Waals surface area contributed by atoms with Crippen LogP contribution in [-0.4, -0.2) is 31.5 Å². The maximum absolute atomic E-state index is 11.8. The quantitative estimate of drug-likeness (QED) is 0.698. The van der Waals surface area contributed by atoms with Crippen molar-refractivity contribution in [1.82, 2.24) is 16.0 Å². The number of hydrogen-bond donors (Lipinski definition) is 3. The highest BCUT2D eigenvalue weighted by atomic mass is 16.5. The monoisotopic (exact) mass is 248 g/mol. The first-order valence-corrected chi connectivity index (χ1v) is 5.50. The fourth-order valence-corrected chi connectivity index (χ4v) is 2.16. The summed E-state index contributed by atoms with van der Waals surface area (Å²) in [5.74, 6) is 0.712. The van der Waals surface area contributed by atoms with Gasteiger partial charge < -0.3 is 20.7 Å². The number of carbonyl (C=O) groups excluding carboxylic acids is 2. The van der Waals surface area contributed by atoms with Gasteiger partial charge in [0.25, 0.3) is 0 Å². The van der Waals surface area contributed by atoms with Gasteiger partial charge in [0.1, 0.15) is 11.9 Å². The third-order valence-electron chi connectivity index (χ3n) is 3.01. The summed E-state index contributed by atoms with van der Waals surface area (Å²) in [6.07, 6.45) is -0.800. The summed E-state index contributed by atoms with van der Waals surface area (Å²) in [7, 11) is 1.58. The minimum atomic E-state index is -0.404. The molecule has 0 aliphatic carbocycles. The molecule has 0 radical (unpaired) electrons. The first kappa shape index (κ1) is 10.7. The molecular formula is C11H12N4O3. The molecule has 7 heteroatoms. The van der Waals surface area contributed by atoms with Gasteiger partial charge in [0, 0.05) is 5.69 Å². The van der Waals surface area contributed by atoms with E-state index in [1.165, 1.54) is 4.90 Å². The van der Waals surface area contributed by atoms with Gasteiger partial charge in [-0.3, -0.25) is 4.90 Å². The molecule has 3 N–H and O–H groups in total. The summed E-state index contributed by atoms with van der Waals surface area (Å²) in [4.78, 5) is 24.6. The van der Waals surface area contributed by atoms with Crippen LogP contribution in [-0.2, 0) is 0 Å². The van der Waals surface area contributed by atoms with Crippen LogP contribution in [0.3, 0.4) is 0 Å². The third-order valence-corrected chi connectivity index (χ3v) is 3.01. The topological polar surface area (TPSA) is 82.7 Å². The van der Waals surface area contributed by atoms with Crippen molar-refractivity contribution in [1.29, 1.82) is 0 Å². The fraction of sp³-hybridized carbons (Fsp3) is 0.273. The number of rotatable bonds is 2. The van der Waals surface area contributed by atoms with E-state index >= 15 is 0 Å². The zero-order valence-electron chi connectivity index (χ0n) is 9.64. The smallest absolute Gasteiger partial charge is 0.325 e. The van der Waals surface area contributed by atoms with Crippen LogP contribution in [0.4, 0.5) is 15.3 Å². The van der Waals surface area contributed by atoms with E-state index in [0.29, 0.717) is 11.4 Å². The van der Waals surface area contributed by atoms with Gasteiger partial charge in [-0.25, -0.2) is 9.59 Å². The summed E-state index contributed by atoms with van der Waals surface area (Å²) in [5.41, 5.74) is 0.699. The SMILES string of the molecule is COc1ccc(N2C(=O)NC3NC(=O)NC32)cc1. The van der Waals surface area contributed by atoms with Crippen LogP contribution in [0.2, 0.25) is 0 Å². The van der Waals surface area contributed by atoms with Crippen LogP contribution in [0.15, 0.2) is 24.3 Å². The zero-order chi connectivity index (χ0) is 12.7. The first-order chi connectivity index (χ1) is 8.69. The minimum absolute atomic E-state index is 0.248. The van der Waals surface area contributed by atoms with Crippen LogP contribution < -0.4 is 25.6 Å². The summed E-state index contributed by atoms with van der Waals surface area (Å²) >= 11 is 0. The van der Waals surface area contributed by atoms with Gasteiger partial charge in [0.2, 0.25) is 0 Å². The maximum Gasteiger partial charge on any atom is 0.325 e. The van der Waals surface area contributed by atoms with E-state index < -0.39 is 12.3 Å².